The summed E-state index contributed by atoms with van der Waals surface area (Å²) in [7, 11) is 0. The zero-order chi connectivity index (χ0) is 15.2. The van der Waals surface area contributed by atoms with Crippen LogP contribution in [0.25, 0.3) is 0 Å². The van der Waals surface area contributed by atoms with Crippen LogP contribution >= 0.6 is 27.3 Å². The van der Waals surface area contributed by atoms with Crippen LogP contribution in [0.5, 0.6) is 0 Å². The van der Waals surface area contributed by atoms with E-state index in [1.54, 1.807) is 11.3 Å². The second-order valence-electron chi connectivity index (χ2n) is 5.79. The predicted octanol–water partition coefficient (Wildman–Crippen LogP) is 4.18. The number of ether oxygens (including phenoxy) is 1. The highest BCUT2D eigenvalue weighted by molar-refractivity contribution is 9.11. The van der Waals surface area contributed by atoms with Crippen LogP contribution in [0.3, 0.4) is 0 Å². The van der Waals surface area contributed by atoms with Gasteiger partial charge in [0.05, 0.1) is 15.9 Å². The minimum Gasteiger partial charge on any atom is -0.377 e. The highest BCUT2D eigenvalue weighted by Crippen LogP contribution is 2.35. The molecular weight excluding hydrogens is 348 g/mol. The number of piperidine rings is 1. The molecule has 21 heavy (non-hydrogen) atoms. The van der Waals surface area contributed by atoms with Crippen LogP contribution in [0.1, 0.15) is 50.4 Å². The summed E-state index contributed by atoms with van der Waals surface area (Å²) in [6, 6.07) is 4.84. The molecule has 3 atom stereocenters. The van der Waals surface area contributed by atoms with Crippen LogP contribution in [-0.2, 0) is 4.74 Å². The lowest BCUT2D eigenvalue weighted by Crippen LogP contribution is -2.47. The Morgan fingerprint density at radius 2 is 2.29 bits per heavy atom. The van der Waals surface area contributed by atoms with Crippen molar-refractivity contribution in [2.24, 2.45) is 5.73 Å². The first-order valence-electron chi connectivity index (χ1n) is 8.02. The molecule has 0 saturated carbocycles. The Balaban J connectivity index is 2.09. The SMILES string of the molecule is CCCOC1CCCN(C(c2ccc(Br)s2)C(N)CC)C1. The van der Waals surface area contributed by atoms with Crippen molar-refractivity contribution in [1.29, 1.82) is 0 Å². The Morgan fingerprint density at radius 3 is 2.90 bits per heavy atom. The summed E-state index contributed by atoms with van der Waals surface area (Å²) in [5.74, 6) is 0. The summed E-state index contributed by atoms with van der Waals surface area (Å²) in [5, 5.41) is 0. The fraction of sp³-hybridized carbons (Fsp3) is 0.750. The van der Waals surface area contributed by atoms with Crippen molar-refractivity contribution in [3.05, 3.63) is 20.8 Å². The zero-order valence-electron chi connectivity index (χ0n) is 13.1. The van der Waals surface area contributed by atoms with E-state index in [9.17, 15) is 0 Å². The average molecular weight is 375 g/mol. The molecule has 3 nitrogen and oxygen atoms in total. The minimum atomic E-state index is 0.181. The van der Waals surface area contributed by atoms with Gasteiger partial charge in [-0.05, 0) is 60.3 Å². The molecule has 1 aromatic rings. The molecule has 1 saturated heterocycles. The Morgan fingerprint density at radius 1 is 1.48 bits per heavy atom. The summed E-state index contributed by atoms with van der Waals surface area (Å²) in [6.45, 7) is 7.34. The molecule has 2 rings (SSSR count). The van der Waals surface area contributed by atoms with Gasteiger partial charge in [0.1, 0.15) is 0 Å². The van der Waals surface area contributed by atoms with Gasteiger partial charge in [0.25, 0.3) is 0 Å². The van der Waals surface area contributed by atoms with E-state index in [-0.39, 0.29) is 6.04 Å². The van der Waals surface area contributed by atoms with Gasteiger partial charge in [0.2, 0.25) is 0 Å². The number of nitrogens with two attached hydrogens (primary N) is 1. The van der Waals surface area contributed by atoms with Crippen LogP contribution in [-0.4, -0.2) is 36.7 Å². The molecule has 1 aromatic heterocycles. The lowest BCUT2D eigenvalue weighted by Gasteiger charge is -2.40. The molecule has 2 heterocycles. The van der Waals surface area contributed by atoms with E-state index in [4.69, 9.17) is 10.5 Å². The highest BCUT2D eigenvalue weighted by atomic mass is 79.9. The molecule has 3 unspecified atom stereocenters. The summed E-state index contributed by atoms with van der Waals surface area (Å²) < 4.78 is 7.16. The van der Waals surface area contributed by atoms with Gasteiger partial charge >= 0.3 is 0 Å². The molecule has 0 bridgehead atoms. The first kappa shape index (κ1) is 17.4. The number of likely N-dealkylation sites (tertiary alicyclic amines) is 1. The molecule has 5 heteroatoms. The lowest BCUT2D eigenvalue weighted by atomic mass is 9.98. The molecule has 0 amide bonds. The Kier molecular flexibility index (Phi) is 7.16. The van der Waals surface area contributed by atoms with Crippen LogP contribution in [0.15, 0.2) is 15.9 Å². The summed E-state index contributed by atoms with van der Waals surface area (Å²) in [5.41, 5.74) is 6.44. The Hall–Kier alpha value is 0.0600. The van der Waals surface area contributed by atoms with Gasteiger partial charge in [-0.15, -0.1) is 11.3 Å². The van der Waals surface area contributed by atoms with Gasteiger partial charge in [0.15, 0.2) is 0 Å². The van der Waals surface area contributed by atoms with Crippen LogP contribution in [0, 0.1) is 0 Å². The molecule has 0 aromatic carbocycles. The van der Waals surface area contributed by atoms with Crippen molar-refractivity contribution < 1.29 is 4.74 Å². The molecule has 1 aliphatic rings. The van der Waals surface area contributed by atoms with E-state index in [1.165, 1.54) is 21.5 Å². The number of rotatable bonds is 7. The van der Waals surface area contributed by atoms with Gasteiger partial charge in [-0.2, -0.15) is 0 Å². The second-order valence-corrected chi connectivity index (χ2v) is 8.28. The topological polar surface area (TPSA) is 38.5 Å². The summed E-state index contributed by atoms with van der Waals surface area (Å²) in [4.78, 5) is 3.91. The van der Waals surface area contributed by atoms with Crippen molar-refractivity contribution in [2.75, 3.05) is 19.7 Å². The second kappa shape index (κ2) is 8.63. The third-order valence-corrected chi connectivity index (χ3v) is 5.82. The monoisotopic (exact) mass is 374 g/mol. The molecular formula is C16H27BrN2OS. The maximum Gasteiger partial charge on any atom is 0.0702 e. The van der Waals surface area contributed by atoms with Crippen molar-refractivity contribution in [3.63, 3.8) is 0 Å². The quantitative estimate of drug-likeness (QED) is 0.777. The normalized spacial score (nSPS) is 23.1. The number of hydrogen-bond donors (Lipinski definition) is 1. The van der Waals surface area contributed by atoms with E-state index in [0.29, 0.717) is 12.1 Å². The largest absolute Gasteiger partial charge is 0.377 e. The first-order valence-corrected chi connectivity index (χ1v) is 9.63. The van der Waals surface area contributed by atoms with E-state index in [0.717, 1.165) is 32.5 Å². The fourth-order valence-electron chi connectivity index (χ4n) is 3.01. The molecule has 0 aliphatic carbocycles. The third kappa shape index (κ3) is 4.76. The van der Waals surface area contributed by atoms with Gasteiger partial charge < -0.3 is 10.5 Å². The molecule has 1 fully saturated rings. The third-order valence-electron chi connectivity index (χ3n) is 4.12. The highest BCUT2D eigenvalue weighted by Gasteiger charge is 2.31. The van der Waals surface area contributed by atoms with Crippen molar-refractivity contribution in [3.8, 4) is 0 Å². The van der Waals surface area contributed by atoms with Gasteiger partial charge in [-0.25, -0.2) is 0 Å². The van der Waals surface area contributed by atoms with Crippen LogP contribution in [0.4, 0.5) is 0 Å². The van der Waals surface area contributed by atoms with E-state index >= 15 is 0 Å². The smallest absolute Gasteiger partial charge is 0.0702 e. The molecule has 0 radical (unpaired) electrons. The molecule has 2 N–H and O–H groups in total. The van der Waals surface area contributed by atoms with E-state index in [2.05, 4.69) is 46.8 Å². The van der Waals surface area contributed by atoms with Gasteiger partial charge in [-0.1, -0.05) is 13.8 Å². The predicted molar refractivity (Wildman–Crippen MR) is 93.9 cm³/mol. The lowest BCUT2D eigenvalue weighted by molar-refractivity contribution is -0.0160. The Bertz CT molecular complexity index is 426. The fourth-order valence-corrected chi connectivity index (χ4v) is 4.65. The van der Waals surface area contributed by atoms with Crippen molar-refractivity contribution in [1.82, 2.24) is 4.90 Å². The minimum absolute atomic E-state index is 0.181. The zero-order valence-corrected chi connectivity index (χ0v) is 15.5. The van der Waals surface area contributed by atoms with Crippen molar-refractivity contribution >= 4 is 27.3 Å². The number of halogens is 1. The number of nitrogens with zero attached hydrogens (tertiary/aromatic N) is 1. The van der Waals surface area contributed by atoms with Gasteiger partial charge in [0, 0.05) is 24.1 Å². The summed E-state index contributed by atoms with van der Waals surface area (Å²) >= 11 is 5.38. The maximum atomic E-state index is 6.44. The maximum absolute atomic E-state index is 6.44. The molecule has 0 spiro atoms. The average Bonchev–Trinajstić information content (AvgIpc) is 2.91. The van der Waals surface area contributed by atoms with E-state index < -0.39 is 0 Å². The van der Waals surface area contributed by atoms with E-state index in [1.807, 2.05) is 0 Å². The number of hydrogen-bond acceptors (Lipinski definition) is 4. The summed E-state index contributed by atoms with van der Waals surface area (Å²) in [6.07, 6.45) is 4.84. The Labute approximate surface area is 141 Å². The van der Waals surface area contributed by atoms with Crippen LogP contribution < -0.4 is 5.73 Å². The van der Waals surface area contributed by atoms with Gasteiger partial charge in [-0.3, -0.25) is 4.90 Å². The first-order chi connectivity index (χ1) is 10.2. The van der Waals surface area contributed by atoms with Crippen molar-refractivity contribution in [2.45, 2.75) is 57.7 Å². The standard InChI is InChI=1S/C16H27BrN2OS/c1-3-10-20-12-6-5-9-19(11-12)16(13(18)4-2)14-7-8-15(17)21-14/h7-8,12-13,16H,3-6,9-11,18H2,1-2H3. The molecule has 1 aliphatic heterocycles. The number of thiophene rings is 1. The molecule has 120 valence electrons. The van der Waals surface area contributed by atoms with Crippen LogP contribution in [0.2, 0.25) is 0 Å².